The summed E-state index contributed by atoms with van der Waals surface area (Å²) in [5.74, 6) is -0.210. The van der Waals surface area contributed by atoms with Gasteiger partial charge in [-0.3, -0.25) is 14.9 Å². The summed E-state index contributed by atoms with van der Waals surface area (Å²) in [6, 6.07) is 16.4. The lowest BCUT2D eigenvalue weighted by Gasteiger charge is -2.40. The van der Waals surface area contributed by atoms with Gasteiger partial charge in [-0.05, 0) is 47.9 Å². The van der Waals surface area contributed by atoms with E-state index in [1.807, 2.05) is 30.3 Å². The maximum Gasteiger partial charge on any atom is 0.286 e. The number of aliphatic hydroxyl groups excluding tert-OH is 1. The van der Waals surface area contributed by atoms with Crippen LogP contribution < -0.4 is 5.32 Å². The Hall–Kier alpha value is -2.11. The molecule has 0 spiro atoms. The van der Waals surface area contributed by atoms with Gasteiger partial charge in [-0.25, -0.2) is 0 Å². The fourth-order valence-corrected chi connectivity index (χ4v) is 5.05. The van der Waals surface area contributed by atoms with Crippen molar-refractivity contribution >= 4 is 22.9 Å². The lowest BCUT2D eigenvalue weighted by Crippen LogP contribution is -2.33. The van der Waals surface area contributed by atoms with E-state index < -0.39 is 6.10 Å². The molecule has 1 aliphatic heterocycles. The first-order valence-electron chi connectivity index (χ1n) is 9.30. The summed E-state index contributed by atoms with van der Waals surface area (Å²) < 4.78 is 0. The number of carbonyl (C=O) groups excluding carboxylic acids is 2. The molecule has 0 bridgehead atoms. The number of hydrogen-bond acceptors (Lipinski definition) is 4. The topological polar surface area (TPSA) is 66.4 Å². The molecule has 0 aromatic heterocycles. The number of amides is 2. The van der Waals surface area contributed by atoms with Crippen LogP contribution in [0.25, 0.3) is 0 Å². The molecule has 1 heterocycles. The normalized spacial score (nSPS) is 27.3. The van der Waals surface area contributed by atoms with Crippen molar-refractivity contribution in [1.29, 1.82) is 0 Å². The Morgan fingerprint density at radius 3 is 2.63 bits per heavy atom. The molecule has 5 heteroatoms. The van der Waals surface area contributed by atoms with Crippen LogP contribution >= 0.6 is 11.8 Å². The molecular weight excluding hydrogens is 358 g/mol. The number of aliphatic hydroxyl groups is 1. The van der Waals surface area contributed by atoms with E-state index in [0.717, 1.165) is 47.7 Å². The molecule has 3 atom stereocenters. The van der Waals surface area contributed by atoms with E-state index in [-0.39, 0.29) is 21.8 Å². The number of imide groups is 1. The average molecular weight is 381 g/mol. The maximum atomic E-state index is 11.8. The van der Waals surface area contributed by atoms with Crippen molar-refractivity contribution in [2.75, 3.05) is 0 Å². The molecule has 4 rings (SSSR count). The van der Waals surface area contributed by atoms with Crippen molar-refractivity contribution in [3.8, 4) is 0 Å². The highest BCUT2D eigenvalue weighted by atomic mass is 32.2. The number of aryl methyl sites for hydroxylation is 1. The standard InChI is InChI=1S/C22H23NO3S/c1-22(13-14-5-3-2-4-6-14)10-9-16-11-15(7-8-17(16)19(22)24)12-18-20(25)23-21(26)27-18/h2-8,11,18-19,24H,9-10,12-13H2,1H3,(H,23,25,26). The quantitative estimate of drug-likeness (QED) is 0.845. The van der Waals surface area contributed by atoms with Gasteiger partial charge in [-0.1, -0.05) is 67.2 Å². The molecule has 2 aliphatic rings. The molecule has 1 fully saturated rings. The Bertz CT molecular complexity index is 882. The molecule has 2 N–H and O–H groups in total. The highest BCUT2D eigenvalue weighted by Crippen LogP contribution is 2.46. The zero-order chi connectivity index (χ0) is 19.0. The fourth-order valence-electron chi connectivity index (χ4n) is 4.19. The summed E-state index contributed by atoms with van der Waals surface area (Å²) in [5, 5.41) is 12.8. The van der Waals surface area contributed by atoms with Gasteiger partial charge in [-0.15, -0.1) is 0 Å². The predicted molar refractivity (Wildman–Crippen MR) is 107 cm³/mol. The Kier molecular flexibility index (Phi) is 4.82. The van der Waals surface area contributed by atoms with Crippen LogP contribution in [0.2, 0.25) is 0 Å². The molecule has 4 nitrogen and oxygen atoms in total. The highest BCUT2D eigenvalue weighted by Gasteiger charge is 2.39. The van der Waals surface area contributed by atoms with Gasteiger partial charge < -0.3 is 5.11 Å². The minimum Gasteiger partial charge on any atom is -0.388 e. The van der Waals surface area contributed by atoms with Gasteiger partial charge in [0.05, 0.1) is 11.4 Å². The Labute approximate surface area is 163 Å². The van der Waals surface area contributed by atoms with Gasteiger partial charge >= 0.3 is 0 Å². The van der Waals surface area contributed by atoms with Crippen LogP contribution in [0.1, 0.15) is 41.7 Å². The van der Waals surface area contributed by atoms with E-state index in [1.165, 1.54) is 5.56 Å². The first-order chi connectivity index (χ1) is 12.9. The van der Waals surface area contributed by atoms with Gasteiger partial charge in [0.15, 0.2) is 0 Å². The lowest BCUT2D eigenvalue weighted by molar-refractivity contribution is -0.118. The van der Waals surface area contributed by atoms with Gasteiger partial charge in [-0.2, -0.15) is 0 Å². The number of rotatable bonds is 4. The molecule has 1 aliphatic carbocycles. The number of thioether (sulfide) groups is 1. The summed E-state index contributed by atoms with van der Waals surface area (Å²) in [5.41, 5.74) is 4.23. The van der Waals surface area contributed by atoms with Crippen LogP contribution in [0.3, 0.4) is 0 Å². The lowest BCUT2D eigenvalue weighted by atomic mass is 9.67. The minimum atomic E-state index is -0.513. The van der Waals surface area contributed by atoms with E-state index in [9.17, 15) is 14.7 Å². The molecule has 2 aromatic rings. The number of carbonyl (C=O) groups is 2. The van der Waals surface area contributed by atoms with Crippen molar-refractivity contribution < 1.29 is 14.7 Å². The van der Waals surface area contributed by atoms with E-state index >= 15 is 0 Å². The fraction of sp³-hybridized carbons (Fsp3) is 0.364. The van der Waals surface area contributed by atoms with Crippen LogP contribution in [0.4, 0.5) is 4.79 Å². The molecule has 27 heavy (non-hydrogen) atoms. The molecule has 140 valence electrons. The summed E-state index contributed by atoms with van der Waals surface area (Å²) in [6.07, 6.45) is 2.69. The minimum absolute atomic E-state index is 0.191. The molecule has 0 saturated carbocycles. The Balaban J connectivity index is 1.52. The van der Waals surface area contributed by atoms with Crippen molar-refractivity contribution in [2.45, 2.75) is 44.0 Å². The maximum absolute atomic E-state index is 11.8. The van der Waals surface area contributed by atoms with Crippen molar-refractivity contribution in [3.63, 3.8) is 0 Å². The summed E-state index contributed by atoms with van der Waals surface area (Å²) in [4.78, 5) is 23.1. The number of fused-ring (bicyclic) bond motifs is 1. The number of hydrogen-bond donors (Lipinski definition) is 2. The average Bonchev–Trinajstić information content (AvgIpc) is 2.96. The van der Waals surface area contributed by atoms with E-state index in [0.29, 0.717) is 6.42 Å². The number of benzene rings is 2. The summed E-state index contributed by atoms with van der Waals surface area (Å²) in [6.45, 7) is 2.16. The van der Waals surface area contributed by atoms with Crippen LogP contribution in [-0.4, -0.2) is 21.5 Å². The molecule has 2 aromatic carbocycles. The third kappa shape index (κ3) is 3.66. The van der Waals surface area contributed by atoms with Gasteiger partial charge in [0.2, 0.25) is 5.91 Å². The second kappa shape index (κ2) is 7.13. The van der Waals surface area contributed by atoms with Crippen molar-refractivity contribution in [3.05, 3.63) is 70.8 Å². The highest BCUT2D eigenvalue weighted by molar-refractivity contribution is 8.15. The zero-order valence-corrected chi connectivity index (χ0v) is 16.1. The van der Waals surface area contributed by atoms with E-state index in [2.05, 4.69) is 30.4 Å². The van der Waals surface area contributed by atoms with Crippen molar-refractivity contribution in [1.82, 2.24) is 5.32 Å². The molecule has 2 amide bonds. The largest absolute Gasteiger partial charge is 0.388 e. The van der Waals surface area contributed by atoms with Crippen LogP contribution in [-0.2, 0) is 24.1 Å². The molecule has 1 saturated heterocycles. The SMILES string of the molecule is CC1(Cc2ccccc2)CCc2cc(CC3SC(=O)NC3=O)ccc2C1O. The second-order valence-corrected chi connectivity index (χ2v) is 9.01. The monoisotopic (exact) mass is 381 g/mol. The van der Waals surface area contributed by atoms with E-state index in [1.54, 1.807) is 0 Å². The third-order valence-electron chi connectivity index (χ3n) is 5.77. The predicted octanol–water partition coefficient (Wildman–Crippen LogP) is 3.81. The van der Waals surface area contributed by atoms with Gasteiger partial charge in [0, 0.05) is 5.41 Å². The first-order valence-corrected chi connectivity index (χ1v) is 10.2. The van der Waals surface area contributed by atoms with Crippen LogP contribution in [0.5, 0.6) is 0 Å². The van der Waals surface area contributed by atoms with E-state index in [4.69, 9.17) is 0 Å². The van der Waals surface area contributed by atoms with Crippen molar-refractivity contribution in [2.24, 2.45) is 5.41 Å². The first kappa shape index (κ1) is 18.3. The van der Waals surface area contributed by atoms with Crippen LogP contribution in [0, 0.1) is 5.41 Å². The molecular formula is C22H23NO3S. The smallest absolute Gasteiger partial charge is 0.286 e. The third-order valence-corrected chi connectivity index (χ3v) is 6.75. The summed E-state index contributed by atoms with van der Waals surface area (Å²) >= 11 is 1.06. The Morgan fingerprint density at radius 2 is 1.93 bits per heavy atom. The van der Waals surface area contributed by atoms with Gasteiger partial charge in [0.25, 0.3) is 5.24 Å². The zero-order valence-electron chi connectivity index (χ0n) is 15.3. The molecule has 3 unspecified atom stereocenters. The van der Waals surface area contributed by atoms with Gasteiger partial charge in [0.1, 0.15) is 0 Å². The Morgan fingerprint density at radius 1 is 1.15 bits per heavy atom. The van der Waals surface area contributed by atoms with Crippen LogP contribution in [0.15, 0.2) is 48.5 Å². The number of nitrogens with one attached hydrogen (secondary N) is 1. The molecule has 0 radical (unpaired) electrons. The second-order valence-electron chi connectivity index (χ2n) is 7.84. The summed E-state index contributed by atoms with van der Waals surface area (Å²) in [7, 11) is 0.